The molecule has 2 aromatic carbocycles. The molecular weight excluding hydrogens is 437 g/mol. The second-order valence-corrected chi connectivity index (χ2v) is 9.43. The minimum absolute atomic E-state index is 0.0288. The second kappa shape index (κ2) is 13.1. The minimum atomic E-state index is -0.223. The number of fused-ring (bicyclic) bond motifs is 3. The van der Waals surface area contributed by atoms with Crippen LogP contribution in [0.2, 0.25) is 0 Å². The van der Waals surface area contributed by atoms with Gasteiger partial charge in [0.1, 0.15) is 5.82 Å². The van der Waals surface area contributed by atoms with Crippen molar-refractivity contribution in [1.29, 1.82) is 0 Å². The SMILES string of the molecule is CCC.CCC(C)Cc1nc2c(nc1NC(=O)CCCc1ccccc1)CCc1cc(F)ccc1-2. The molecule has 0 spiro atoms. The van der Waals surface area contributed by atoms with Gasteiger partial charge in [-0.1, -0.05) is 70.9 Å². The molecule has 186 valence electrons. The van der Waals surface area contributed by atoms with Crippen molar-refractivity contribution in [3.63, 3.8) is 0 Å². The number of carbonyl (C=O) groups excluding carboxylic acids is 1. The first-order chi connectivity index (χ1) is 16.9. The predicted octanol–water partition coefficient (Wildman–Crippen LogP) is 7.35. The molecule has 1 unspecified atom stereocenters. The summed E-state index contributed by atoms with van der Waals surface area (Å²) in [6.07, 6.45) is 6.53. The van der Waals surface area contributed by atoms with E-state index in [4.69, 9.17) is 9.97 Å². The van der Waals surface area contributed by atoms with Crippen LogP contribution in [0.3, 0.4) is 0 Å². The lowest BCUT2D eigenvalue weighted by Crippen LogP contribution is -2.19. The Morgan fingerprint density at radius 2 is 1.80 bits per heavy atom. The lowest BCUT2D eigenvalue weighted by atomic mass is 9.91. The van der Waals surface area contributed by atoms with Crippen molar-refractivity contribution >= 4 is 11.7 Å². The van der Waals surface area contributed by atoms with Gasteiger partial charge >= 0.3 is 0 Å². The standard InChI is InChI=1S/C27H30FN3O.C3H8/c1-3-18(2)16-24-27(31-25(32)11-7-10-19-8-5-4-6-9-19)30-23-15-12-20-17-21(28)13-14-22(20)26(23)29-24;1-3-2/h4-6,8-9,13-14,17-18H,3,7,10-12,15-16H2,1-2H3,(H,30,31,32);3H2,1-2H3. The average Bonchev–Trinajstić information content (AvgIpc) is 2.85. The number of amides is 1. The molecule has 4 nitrogen and oxygen atoms in total. The summed E-state index contributed by atoms with van der Waals surface area (Å²) in [4.78, 5) is 22.5. The maximum Gasteiger partial charge on any atom is 0.225 e. The van der Waals surface area contributed by atoms with Gasteiger partial charge in [0.15, 0.2) is 5.82 Å². The molecule has 0 aliphatic heterocycles. The molecule has 1 aliphatic rings. The molecule has 1 N–H and O–H groups in total. The van der Waals surface area contributed by atoms with Gasteiger partial charge in [0, 0.05) is 12.0 Å². The topological polar surface area (TPSA) is 54.9 Å². The third-order valence-electron chi connectivity index (χ3n) is 6.20. The number of aryl methyl sites for hydroxylation is 3. The number of halogens is 1. The molecule has 1 amide bonds. The van der Waals surface area contributed by atoms with Gasteiger partial charge in [-0.3, -0.25) is 4.79 Å². The van der Waals surface area contributed by atoms with Crippen LogP contribution in [0.1, 0.15) is 75.9 Å². The molecule has 35 heavy (non-hydrogen) atoms. The monoisotopic (exact) mass is 475 g/mol. The Bertz CT molecular complexity index is 1110. The zero-order chi connectivity index (χ0) is 25.2. The van der Waals surface area contributed by atoms with E-state index in [2.05, 4.69) is 45.1 Å². The summed E-state index contributed by atoms with van der Waals surface area (Å²) in [6, 6.07) is 15.1. The summed E-state index contributed by atoms with van der Waals surface area (Å²) in [5, 5.41) is 3.04. The fourth-order valence-electron chi connectivity index (χ4n) is 4.16. The molecule has 1 heterocycles. The number of hydrogen-bond donors (Lipinski definition) is 1. The van der Waals surface area contributed by atoms with E-state index in [0.717, 1.165) is 60.3 Å². The zero-order valence-corrected chi connectivity index (χ0v) is 21.5. The highest BCUT2D eigenvalue weighted by molar-refractivity contribution is 5.90. The molecule has 4 rings (SSSR count). The number of anilines is 1. The number of rotatable bonds is 8. The molecule has 5 heteroatoms. The summed E-state index contributed by atoms with van der Waals surface area (Å²) in [7, 11) is 0. The van der Waals surface area contributed by atoms with Crippen LogP contribution >= 0.6 is 0 Å². The average molecular weight is 476 g/mol. The molecule has 3 aromatic rings. The van der Waals surface area contributed by atoms with Gasteiger partial charge in [0.2, 0.25) is 5.91 Å². The number of nitrogens with zero attached hydrogens (tertiary/aromatic N) is 2. The van der Waals surface area contributed by atoms with Crippen LogP contribution < -0.4 is 5.32 Å². The first-order valence-corrected chi connectivity index (χ1v) is 13.0. The van der Waals surface area contributed by atoms with E-state index in [0.29, 0.717) is 24.6 Å². The van der Waals surface area contributed by atoms with Crippen LogP contribution in [-0.2, 0) is 30.5 Å². The first-order valence-electron chi connectivity index (χ1n) is 13.0. The van der Waals surface area contributed by atoms with Crippen molar-refractivity contribution in [3.8, 4) is 11.3 Å². The Labute approximate surface area is 209 Å². The van der Waals surface area contributed by atoms with Crippen LogP contribution in [0.15, 0.2) is 48.5 Å². The van der Waals surface area contributed by atoms with E-state index < -0.39 is 0 Å². The van der Waals surface area contributed by atoms with E-state index in [1.54, 1.807) is 12.1 Å². The van der Waals surface area contributed by atoms with Gasteiger partial charge in [-0.05, 0) is 67.3 Å². The third-order valence-corrected chi connectivity index (χ3v) is 6.20. The fourth-order valence-corrected chi connectivity index (χ4v) is 4.16. The van der Waals surface area contributed by atoms with Gasteiger partial charge in [-0.2, -0.15) is 0 Å². The third kappa shape index (κ3) is 7.45. The van der Waals surface area contributed by atoms with Crippen molar-refractivity contribution in [2.24, 2.45) is 5.92 Å². The number of nitrogens with one attached hydrogen (secondary N) is 1. The zero-order valence-electron chi connectivity index (χ0n) is 21.5. The quantitative estimate of drug-likeness (QED) is 0.371. The van der Waals surface area contributed by atoms with Gasteiger partial charge in [-0.25, -0.2) is 14.4 Å². The van der Waals surface area contributed by atoms with Crippen molar-refractivity contribution < 1.29 is 9.18 Å². The number of hydrogen-bond acceptors (Lipinski definition) is 3. The normalized spacial score (nSPS) is 12.6. The minimum Gasteiger partial charge on any atom is -0.309 e. The van der Waals surface area contributed by atoms with Crippen molar-refractivity contribution in [2.75, 3.05) is 5.32 Å². The molecule has 1 aromatic heterocycles. The summed E-state index contributed by atoms with van der Waals surface area (Å²) >= 11 is 0. The van der Waals surface area contributed by atoms with E-state index in [9.17, 15) is 9.18 Å². The summed E-state index contributed by atoms with van der Waals surface area (Å²) < 4.78 is 13.7. The largest absolute Gasteiger partial charge is 0.309 e. The van der Waals surface area contributed by atoms with E-state index >= 15 is 0 Å². The van der Waals surface area contributed by atoms with Gasteiger partial charge < -0.3 is 5.32 Å². The second-order valence-electron chi connectivity index (χ2n) is 9.43. The van der Waals surface area contributed by atoms with E-state index in [1.807, 2.05) is 18.2 Å². The van der Waals surface area contributed by atoms with E-state index in [1.165, 1.54) is 18.1 Å². The molecule has 1 aliphatic carbocycles. The predicted molar refractivity (Wildman–Crippen MR) is 142 cm³/mol. The van der Waals surface area contributed by atoms with Crippen molar-refractivity contribution in [2.45, 2.75) is 79.1 Å². The number of aromatic nitrogens is 2. The molecular formula is C30H38FN3O. The molecule has 1 atom stereocenters. The Hall–Kier alpha value is -3.08. The highest BCUT2D eigenvalue weighted by Crippen LogP contribution is 2.33. The Kier molecular flexibility index (Phi) is 9.95. The van der Waals surface area contributed by atoms with Gasteiger partial charge in [-0.15, -0.1) is 0 Å². The molecule has 0 saturated carbocycles. The van der Waals surface area contributed by atoms with Crippen LogP contribution in [0.5, 0.6) is 0 Å². The molecule has 0 saturated heterocycles. The Morgan fingerprint density at radius 3 is 2.51 bits per heavy atom. The Balaban J connectivity index is 0.00000108. The van der Waals surface area contributed by atoms with Gasteiger partial charge in [0.25, 0.3) is 0 Å². The molecule has 0 fully saturated rings. The van der Waals surface area contributed by atoms with E-state index in [-0.39, 0.29) is 11.7 Å². The maximum atomic E-state index is 13.7. The lowest BCUT2D eigenvalue weighted by molar-refractivity contribution is -0.116. The highest BCUT2D eigenvalue weighted by Gasteiger charge is 2.23. The van der Waals surface area contributed by atoms with Crippen LogP contribution in [0.4, 0.5) is 10.2 Å². The maximum absolute atomic E-state index is 13.7. The number of carbonyl (C=O) groups is 1. The van der Waals surface area contributed by atoms with Crippen LogP contribution in [0.25, 0.3) is 11.3 Å². The van der Waals surface area contributed by atoms with Crippen molar-refractivity contribution in [3.05, 3.63) is 76.9 Å². The first kappa shape index (κ1) is 26.5. The highest BCUT2D eigenvalue weighted by atomic mass is 19.1. The summed E-state index contributed by atoms with van der Waals surface area (Å²) in [5.41, 5.74) is 5.67. The lowest BCUT2D eigenvalue weighted by Gasteiger charge is -2.22. The smallest absolute Gasteiger partial charge is 0.225 e. The summed E-state index contributed by atoms with van der Waals surface area (Å²) in [6.45, 7) is 8.58. The van der Waals surface area contributed by atoms with Crippen LogP contribution in [0, 0.1) is 11.7 Å². The summed E-state index contributed by atoms with van der Waals surface area (Å²) in [5.74, 6) is 0.755. The molecule has 0 radical (unpaired) electrons. The van der Waals surface area contributed by atoms with Crippen LogP contribution in [-0.4, -0.2) is 15.9 Å². The molecule has 0 bridgehead atoms. The van der Waals surface area contributed by atoms with Gasteiger partial charge in [0.05, 0.1) is 17.1 Å². The fraction of sp³-hybridized carbons (Fsp3) is 0.433. The Morgan fingerprint density at radius 1 is 1.06 bits per heavy atom. The number of benzene rings is 2. The van der Waals surface area contributed by atoms with Crippen molar-refractivity contribution in [1.82, 2.24) is 9.97 Å².